The summed E-state index contributed by atoms with van der Waals surface area (Å²) in [5.41, 5.74) is 3.83. The van der Waals surface area contributed by atoms with E-state index < -0.39 is 0 Å². The summed E-state index contributed by atoms with van der Waals surface area (Å²) in [6.45, 7) is 6.63. The molecular weight excluding hydrogens is 494 g/mol. The van der Waals surface area contributed by atoms with Crippen molar-refractivity contribution in [2.24, 2.45) is 0 Å². The van der Waals surface area contributed by atoms with Crippen molar-refractivity contribution in [2.45, 2.75) is 39.3 Å². The van der Waals surface area contributed by atoms with E-state index in [9.17, 15) is 9.59 Å². The fourth-order valence-electron chi connectivity index (χ4n) is 4.21. The van der Waals surface area contributed by atoms with Crippen molar-refractivity contribution in [2.75, 3.05) is 19.5 Å². The van der Waals surface area contributed by atoms with Crippen molar-refractivity contribution >= 4 is 40.2 Å². The molecule has 1 aliphatic heterocycles. The summed E-state index contributed by atoms with van der Waals surface area (Å²) < 4.78 is 7.63. The van der Waals surface area contributed by atoms with Gasteiger partial charge in [-0.05, 0) is 56.3 Å². The molecule has 0 radical (unpaired) electrons. The number of hydrogen-bond donors (Lipinski definition) is 1. The standard InChI is InChI=1S/C26H27N5O3S2/c1-26(2,3)30(4)25(33)22-29-20(19-7-6-11-35-19)21-16-14-17(28-23(32)24-27-9-12-36-24)18(34-5)13-15(16)8-10-31(21)22/h6-7,9,11-14H,8,10H2,1-5H3,(H,28,32). The summed E-state index contributed by atoms with van der Waals surface area (Å²) in [6.07, 6.45) is 2.31. The monoisotopic (exact) mass is 521 g/mol. The first-order valence-corrected chi connectivity index (χ1v) is 13.3. The molecule has 36 heavy (non-hydrogen) atoms. The van der Waals surface area contributed by atoms with E-state index in [4.69, 9.17) is 9.72 Å². The number of carbonyl (C=O) groups excluding carboxylic acids is 2. The molecule has 5 rings (SSSR count). The van der Waals surface area contributed by atoms with Gasteiger partial charge >= 0.3 is 0 Å². The lowest BCUT2D eigenvalue weighted by molar-refractivity contribution is 0.0637. The van der Waals surface area contributed by atoms with Crippen LogP contribution in [0.15, 0.2) is 41.2 Å². The molecule has 2 amide bonds. The van der Waals surface area contributed by atoms with Gasteiger partial charge in [0.25, 0.3) is 11.8 Å². The molecule has 4 aromatic rings. The average Bonchev–Trinajstić information content (AvgIpc) is 3.62. The van der Waals surface area contributed by atoms with Crippen LogP contribution in [0.4, 0.5) is 5.69 Å². The smallest absolute Gasteiger partial charge is 0.290 e. The number of benzene rings is 1. The minimum absolute atomic E-state index is 0.124. The third-order valence-electron chi connectivity index (χ3n) is 6.38. The van der Waals surface area contributed by atoms with Gasteiger partial charge in [-0.3, -0.25) is 9.59 Å². The Kier molecular flexibility index (Phi) is 6.17. The Hall–Kier alpha value is -3.50. The second-order valence-corrected chi connectivity index (χ2v) is 11.4. The second kappa shape index (κ2) is 9.18. The van der Waals surface area contributed by atoms with Crippen LogP contribution in [0, 0.1) is 0 Å². The minimum Gasteiger partial charge on any atom is -0.495 e. The zero-order chi connectivity index (χ0) is 25.6. The minimum atomic E-state index is -0.347. The van der Waals surface area contributed by atoms with Gasteiger partial charge in [-0.25, -0.2) is 9.97 Å². The van der Waals surface area contributed by atoms with E-state index >= 15 is 0 Å². The fraction of sp³-hybridized carbons (Fsp3) is 0.308. The summed E-state index contributed by atoms with van der Waals surface area (Å²) in [4.78, 5) is 38.1. The van der Waals surface area contributed by atoms with Crippen LogP contribution in [0.2, 0.25) is 0 Å². The number of aryl methyl sites for hydroxylation is 1. The molecule has 0 atom stereocenters. The van der Waals surface area contributed by atoms with E-state index in [0.717, 1.165) is 27.4 Å². The summed E-state index contributed by atoms with van der Waals surface area (Å²) in [6, 6.07) is 7.87. The Labute approximate surface area is 217 Å². The number of carbonyl (C=O) groups is 2. The lowest BCUT2D eigenvalue weighted by atomic mass is 9.95. The van der Waals surface area contributed by atoms with Crippen LogP contribution < -0.4 is 10.1 Å². The van der Waals surface area contributed by atoms with E-state index in [1.165, 1.54) is 11.3 Å². The van der Waals surface area contributed by atoms with Crippen LogP contribution in [-0.2, 0) is 13.0 Å². The molecule has 4 heterocycles. The van der Waals surface area contributed by atoms with E-state index in [1.54, 1.807) is 34.9 Å². The molecule has 0 saturated heterocycles. The van der Waals surface area contributed by atoms with Crippen LogP contribution in [0.3, 0.4) is 0 Å². The maximum Gasteiger partial charge on any atom is 0.290 e. The number of nitrogens with one attached hydrogen (secondary N) is 1. The number of imidazole rings is 1. The van der Waals surface area contributed by atoms with Crippen molar-refractivity contribution in [1.29, 1.82) is 0 Å². The molecule has 1 N–H and O–H groups in total. The highest BCUT2D eigenvalue weighted by atomic mass is 32.1. The topological polar surface area (TPSA) is 89.3 Å². The molecule has 1 aliphatic rings. The second-order valence-electron chi connectivity index (χ2n) is 9.55. The maximum absolute atomic E-state index is 13.6. The van der Waals surface area contributed by atoms with Gasteiger partial charge in [-0.15, -0.1) is 22.7 Å². The maximum atomic E-state index is 13.6. The third-order valence-corrected chi connectivity index (χ3v) is 8.03. The Morgan fingerprint density at radius 1 is 1.19 bits per heavy atom. The molecule has 0 spiro atoms. The Balaban J connectivity index is 1.67. The molecule has 0 fully saturated rings. The number of amides is 2. The normalized spacial score (nSPS) is 12.6. The van der Waals surface area contributed by atoms with E-state index in [-0.39, 0.29) is 17.4 Å². The molecular formula is C26H27N5O3S2. The summed E-state index contributed by atoms with van der Waals surface area (Å²) in [5.74, 6) is 0.572. The van der Waals surface area contributed by atoms with E-state index in [2.05, 4.69) is 10.3 Å². The van der Waals surface area contributed by atoms with Crippen molar-refractivity contribution < 1.29 is 14.3 Å². The summed E-state index contributed by atoms with van der Waals surface area (Å²) in [5, 5.41) is 7.08. The predicted octanol–water partition coefficient (Wildman–Crippen LogP) is 5.42. The zero-order valence-electron chi connectivity index (χ0n) is 20.8. The first-order chi connectivity index (χ1) is 17.2. The molecule has 186 valence electrons. The largest absolute Gasteiger partial charge is 0.495 e. The van der Waals surface area contributed by atoms with Crippen molar-refractivity contribution in [3.05, 3.63) is 57.6 Å². The first kappa shape index (κ1) is 24.2. The lowest BCUT2D eigenvalue weighted by Crippen LogP contribution is -2.43. The highest BCUT2D eigenvalue weighted by Gasteiger charge is 2.33. The number of anilines is 1. The van der Waals surface area contributed by atoms with Crippen molar-refractivity contribution in [3.63, 3.8) is 0 Å². The van der Waals surface area contributed by atoms with E-state index in [1.807, 2.05) is 62.0 Å². The lowest BCUT2D eigenvalue weighted by Gasteiger charge is -2.32. The first-order valence-electron chi connectivity index (χ1n) is 11.5. The SMILES string of the molecule is COc1cc2c(cc1NC(=O)c1nccs1)-c1c(-c3cccs3)nc(C(=O)N(C)C(C)(C)C)n1CC2. The quantitative estimate of drug-likeness (QED) is 0.379. The molecule has 0 unspecified atom stereocenters. The Morgan fingerprint density at radius 2 is 2.00 bits per heavy atom. The van der Waals surface area contributed by atoms with Crippen LogP contribution in [0.5, 0.6) is 5.75 Å². The fourth-order valence-corrected chi connectivity index (χ4v) is 5.45. The number of hydrogen-bond acceptors (Lipinski definition) is 7. The molecule has 0 bridgehead atoms. The van der Waals surface area contributed by atoms with Gasteiger partial charge in [-0.1, -0.05) is 6.07 Å². The number of rotatable bonds is 5. The summed E-state index contributed by atoms with van der Waals surface area (Å²) >= 11 is 2.86. The molecule has 3 aromatic heterocycles. The van der Waals surface area contributed by atoms with Gasteiger partial charge in [0.1, 0.15) is 11.4 Å². The third kappa shape index (κ3) is 4.20. The van der Waals surface area contributed by atoms with Crippen LogP contribution in [0.1, 0.15) is 46.8 Å². The van der Waals surface area contributed by atoms with Crippen LogP contribution in [0.25, 0.3) is 21.8 Å². The van der Waals surface area contributed by atoms with E-state index in [0.29, 0.717) is 35.2 Å². The predicted molar refractivity (Wildman–Crippen MR) is 143 cm³/mol. The van der Waals surface area contributed by atoms with Gasteiger partial charge in [0.2, 0.25) is 0 Å². The van der Waals surface area contributed by atoms with Crippen LogP contribution in [-0.4, -0.2) is 50.9 Å². The summed E-state index contributed by atoms with van der Waals surface area (Å²) in [7, 11) is 3.40. The molecule has 0 saturated carbocycles. The number of thiazole rings is 1. The molecule has 1 aromatic carbocycles. The number of thiophene rings is 1. The number of nitrogens with zero attached hydrogens (tertiary/aromatic N) is 4. The zero-order valence-corrected chi connectivity index (χ0v) is 22.4. The number of fused-ring (bicyclic) bond motifs is 3. The average molecular weight is 522 g/mol. The number of ether oxygens (including phenoxy) is 1. The molecule has 0 aliphatic carbocycles. The molecule has 8 nitrogen and oxygen atoms in total. The van der Waals surface area contributed by atoms with Gasteiger partial charge in [0.05, 0.1) is 23.4 Å². The van der Waals surface area contributed by atoms with Crippen LogP contribution >= 0.6 is 22.7 Å². The number of methoxy groups -OCH3 is 1. The Bertz CT molecular complexity index is 1430. The molecule has 10 heteroatoms. The van der Waals surface area contributed by atoms with Gasteiger partial charge in [0, 0.05) is 36.3 Å². The van der Waals surface area contributed by atoms with Gasteiger partial charge in [0.15, 0.2) is 10.8 Å². The Morgan fingerprint density at radius 3 is 2.64 bits per heavy atom. The van der Waals surface area contributed by atoms with Gasteiger partial charge < -0.3 is 19.5 Å². The highest BCUT2D eigenvalue weighted by Crippen LogP contribution is 2.43. The van der Waals surface area contributed by atoms with Gasteiger partial charge in [-0.2, -0.15) is 0 Å². The highest BCUT2D eigenvalue weighted by molar-refractivity contribution is 7.13. The van der Waals surface area contributed by atoms with Crippen molar-refractivity contribution in [1.82, 2.24) is 19.4 Å². The number of aromatic nitrogens is 3. The van der Waals surface area contributed by atoms with Crippen molar-refractivity contribution in [3.8, 4) is 27.6 Å².